The third-order valence-corrected chi connectivity index (χ3v) is 7.25. The van der Waals surface area contributed by atoms with Gasteiger partial charge in [0.2, 0.25) is 0 Å². The molecule has 184 valence electrons. The Hall–Kier alpha value is -2.96. The zero-order valence-corrected chi connectivity index (χ0v) is 21.8. The Bertz CT molecular complexity index is 1250. The van der Waals surface area contributed by atoms with Crippen LogP contribution in [0.5, 0.6) is 0 Å². The zero-order valence-electron chi connectivity index (χ0n) is 20.2. The summed E-state index contributed by atoms with van der Waals surface area (Å²) in [5, 5.41) is 13.1. The van der Waals surface area contributed by atoms with Gasteiger partial charge in [0.15, 0.2) is 0 Å². The quantitative estimate of drug-likeness (QED) is 0.331. The summed E-state index contributed by atoms with van der Waals surface area (Å²) in [5.74, 6) is 0.0406. The number of unbranched alkanes of at least 4 members (excludes halogenated alkanes) is 2. The van der Waals surface area contributed by atoms with Crippen LogP contribution in [0.1, 0.15) is 61.8 Å². The van der Waals surface area contributed by atoms with Gasteiger partial charge in [0.05, 0.1) is 4.91 Å². The summed E-state index contributed by atoms with van der Waals surface area (Å²) in [7, 11) is 0. The molecule has 9 heteroatoms. The van der Waals surface area contributed by atoms with Crippen molar-refractivity contribution in [3.05, 3.63) is 67.6 Å². The number of nitriles is 1. The summed E-state index contributed by atoms with van der Waals surface area (Å²) in [6, 6.07) is 8.16. The van der Waals surface area contributed by atoms with Crippen molar-refractivity contribution in [2.75, 3.05) is 11.9 Å². The topological polar surface area (TPSA) is 78.1 Å². The molecule has 1 saturated heterocycles. The number of pyridine rings is 1. The Morgan fingerprint density at radius 3 is 2.43 bits per heavy atom. The van der Waals surface area contributed by atoms with E-state index in [1.165, 1.54) is 23.9 Å². The number of thioether (sulfide) groups is 1. The largest absolute Gasteiger partial charge is 0.367 e. The standard InChI is InChI=1S/C26H29FN4O2S2/c1-4-6-12-30-23(29-16-18-8-10-19(27)11-9-18)20(17(3)21(15-28)24(30)32)14-22-25(33)31(13-7-5-2)26(34)35-22/h8-11,14,29H,4-7,12-13,16H2,1-3H3/b22-14+. The second-order valence-corrected chi connectivity index (χ2v) is 10.0. The molecule has 1 aromatic carbocycles. The molecule has 1 aromatic heterocycles. The highest BCUT2D eigenvalue weighted by atomic mass is 32.2. The number of anilines is 1. The number of benzene rings is 1. The van der Waals surface area contributed by atoms with E-state index in [9.17, 15) is 19.2 Å². The van der Waals surface area contributed by atoms with Gasteiger partial charge in [0.25, 0.3) is 11.5 Å². The number of amides is 1. The molecule has 0 unspecified atom stereocenters. The lowest BCUT2D eigenvalue weighted by molar-refractivity contribution is -0.122. The van der Waals surface area contributed by atoms with Crippen molar-refractivity contribution in [1.82, 2.24) is 9.47 Å². The van der Waals surface area contributed by atoms with E-state index in [1.54, 1.807) is 34.6 Å². The van der Waals surface area contributed by atoms with Gasteiger partial charge in [-0.05, 0) is 49.1 Å². The summed E-state index contributed by atoms with van der Waals surface area (Å²) in [6.45, 7) is 7.13. The van der Waals surface area contributed by atoms with E-state index in [0.29, 0.717) is 45.8 Å². The number of nitrogens with zero attached hydrogens (tertiary/aromatic N) is 3. The van der Waals surface area contributed by atoms with Gasteiger partial charge in [0, 0.05) is 25.2 Å². The lowest BCUT2D eigenvalue weighted by Gasteiger charge is -2.20. The second-order valence-electron chi connectivity index (χ2n) is 8.35. The molecule has 0 radical (unpaired) electrons. The molecule has 35 heavy (non-hydrogen) atoms. The normalized spacial score (nSPS) is 14.6. The third kappa shape index (κ3) is 6.00. The Balaban J connectivity index is 2.12. The maximum absolute atomic E-state index is 13.4. The highest BCUT2D eigenvalue weighted by Crippen LogP contribution is 2.35. The van der Waals surface area contributed by atoms with Gasteiger partial charge >= 0.3 is 0 Å². The first kappa shape index (κ1) is 26.6. The minimum absolute atomic E-state index is 0.0566. The van der Waals surface area contributed by atoms with Crippen molar-refractivity contribution < 1.29 is 9.18 Å². The predicted octanol–water partition coefficient (Wildman–Crippen LogP) is 5.58. The maximum atomic E-state index is 13.4. The molecule has 1 aliphatic rings. The molecule has 1 aliphatic heterocycles. The molecule has 1 N–H and O–H groups in total. The van der Waals surface area contributed by atoms with E-state index in [1.807, 2.05) is 13.0 Å². The van der Waals surface area contributed by atoms with Crippen LogP contribution < -0.4 is 10.9 Å². The van der Waals surface area contributed by atoms with Crippen LogP contribution in [0.25, 0.3) is 6.08 Å². The monoisotopic (exact) mass is 512 g/mol. The predicted molar refractivity (Wildman–Crippen MR) is 144 cm³/mol. The third-order valence-electron chi connectivity index (χ3n) is 5.87. The van der Waals surface area contributed by atoms with Crippen molar-refractivity contribution in [3.8, 4) is 6.07 Å². The van der Waals surface area contributed by atoms with Crippen molar-refractivity contribution in [2.45, 2.75) is 59.5 Å². The SMILES string of the molecule is CCCCN1C(=O)/C(=C\c2c(C)c(C#N)c(=O)n(CCCC)c2NCc2ccc(F)cc2)SC1=S. The van der Waals surface area contributed by atoms with Crippen molar-refractivity contribution >= 4 is 46.1 Å². The Kier molecular flexibility index (Phi) is 9.24. The summed E-state index contributed by atoms with van der Waals surface area (Å²) in [6.07, 6.45) is 5.14. The van der Waals surface area contributed by atoms with Crippen LogP contribution in [-0.2, 0) is 17.9 Å². The van der Waals surface area contributed by atoms with Gasteiger partial charge in [-0.2, -0.15) is 5.26 Å². The Morgan fingerprint density at radius 1 is 1.14 bits per heavy atom. The maximum Gasteiger partial charge on any atom is 0.270 e. The molecular weight excluding hydrogens is 483 g/mol. The first-order valence-corrected chi connectivity index (χ1v) is 13.0. The van der Waals surface area contributed by atoms with Gasteiger partial charge in [-0.3, -0.25) is 19.1 Å². The number of thiocarbonyl (C=S) groups is 1. The number of nitrogens with one attached hydrogen (secondary N) is 1. The molecule has 0 bridgehead atoms. The number of aromatic nitrogens is 1. The van der Waals surface area contributed by atoms with Gasteiger partial charge in [0.1, 0.15) is 27.6 Å². The Morgan fingerprint density at radius 2 is 1.80 bits per heavy atom. The lowest BCUT2D eigenvalue weighted by atomic mass is 10.0. The highest BCUT2D eigenvalue weighted by molar-refractivity contribution is 8.26. The molecule has 3 rings (SSSR count). The van der Waals surface area contributed by atoms with Crippen molar-refractivity contribution in [3.63, 3.8) is 0 Å². The van der Waals surface area contributed by atoms with E-state index >= 15 is 0 Å². The summed E-state index contributed by atoms with van der Waals surface area (Å²) in [5.41, 5.74) is 1.63. The van der Waals surface area contributed by atoms with Crippen LogP contribution in [0, 0.1) is 24.1 Å². The van der Waals surface area contributed by atoms with Crippen LogP contribution in [0.2, 0.25) is 0 Å². The Labute approximate surface area is 214 Å². The van der Waals surface area contributed by atoms with Crippen LogP contribution in [0.3, 0.4) is 0 Å². The van der Waals surface area contributed by atoms with Gasteiger partial charge < -0.3 is 5.32 Å². The van der Waals surface area contributed by atoms with Crippen LogP contribution >= 0.6 is 24.0 Å². The second kappa shape index (κ2) is 12.1. The number of halogens is 1. The molecule has 0 saturated carbocycles. The first-order chi connectivity index (χ1) is 16.8. The van der Waals surface area contributed by atoms with E-state index in [4.69, 9.17) is 12.2 Å². The minimum atomic E-state index is -0.368. The molecular formula is C26H29FN4O2S2. The van der Waals surface area contributed by atoms with Crippen molar-refractivity contribution in [2.24, 2.45) is 0 Å². The van der Waals surface area contributed by atoms with Gasteiger partial charge in [-0.25, -0.2) is 4.39 Å². The highest BCUT2D eigenvalue weighted by Gasteiger charge is 2.32. The number of hydrogen-bond donors (Lipinski definition) is 1. The number of rotatable bonds is 10. The average molecular weight is 513 g/mol. The molecule has 0 spiro atoms. The van der Waals surface area contributed by atoms with Gasteiger partial charge in [-0.1, -0.05) is 62.8 Å². The smallest absolute Gasteiger partial charge is 0.270 e. The molecule has 6 nitrogen and oxygen atoms in total. The molecule has 1 fully saturated rings. The number of carbonyl (C=O) groups excluding carboxylic acids is 1. The first-order valence-electron chi connectivity index (χ1n) is 11.7. The number of hydrogen-bond acceptors (Lipinski definition) is 6. The minimum Gasteiger partial charge on any atom is -0.367 e. The molecule has 2 aromatic rings. The zero-order chi connectivity index (χ0) is 25.5. The van der Waals surface area contributed by atoms with Gasteiger partial charge in [-0.15, -0.1) is 0 Å². The fraction of sp³-hybridized carbons (Fsp3) is 0.385. The van der Waals surface area contributed by atoms with E-state index in [-0.39, 0.29) is 22.8 Å². The number of carbonyl (C=O) groups is 1. The fourth-order valence-corrected chi connectivity index (χ4v) is 5.10. The average Bonchev–Trinajstić information content (AvgIpc) is 3.11. The molecule has 1 amide bonds. The van der Waals surface area contributed by atoms with E-state index in [0.717, 1.165) is 31.2 Å². The van der Waals surface area contributed by atoms with Crippen LogP contribution in [0.4, 0.5) is 10.2 Å². The van der Waals surface area contributed by atoms with E-state index in [2.05, 4.69) is 12.2 Å². The summed E-state index contributed by atoms with van der Waals surface area (Å²) < 4.78 is 15.4. The molecule has 0 atom stereocenters. The molecule has 0 aliphatic carbocycles. The molecule has 2 heterocycles. The summed E-state index contributed by atoms with van der Waals surface area (Å²) in [4.78, 5) is 28.4. The summed E-state index contributed by atoms with van der Waals surface area (Å²) >= 11 is 6.67. The fourth-order valence-electron chi connectivity index (χ4n) is 3.81. The van der Waals surface area contributed by atoms with Crippen LogP contribution in [-0.4, -0.2) is 26.2 Å². The lowest BCUT2D eigenvalue weighted by Crippen LogP contribution is -2.29. The van der Waals surface area contributed by atoms with Crippen molar-refractivity contribution in [1.29, 1.82) is 5.26 Å². The van der Waals surface area contributed by atoms with Crippen LogP contribution in [0.15, 0.2) is 34.0 Å². The van der Waals surface area contributed by atoms with E-state index < -0.39 is 0 Å².